The Morgan fingerprint density at radius 2 is 2.12 bits per heavy atom. The lowest BCUT2D eigenvalue weighted by molar-refractivity contribution is -0.132. The van der Waals surface area contributed by atoms with Crippen molar-refractivity contribution in [1.82, 2.24) is 15.2 Å². The lowest BCUT2D eigenvalue weighted by Gasteiger charge is -2.23. The van der Waals surface area contributed by atoms with Gasteiger partial charge < -0.3 is 21.7 Å². The van der Waals surface area contributed by atoms with Crippen LogP contribution in [0.2, 0.25) is 0 Å². The molecule has 26 heavy (non-hydrogen) atoms. The fourth-order valence-corrected chi connectivity index (χ4v) is 2.90. The van der Waals surface area contributed by atoms with Gasteiger partial charge in [0.1, 0.15) is 11.9 Å². The summed E-state index contributed by atoms with van der Waals surface area (Å²) in [6.45, 7) is 3.35. The molecule has 1 aromatic heterocycles. The van der Waals surface area contributed by atoms with Crippen LogP contribution in [0.3, 0.4) is 0 Å². The van der Waals surface area contributed by atoms with Gasteiger partial charge in [0.25, 0.3) is 5.91 Å². The minimum Gasteiger partial charge on any atom is -0.404 e. The van der Waals surface area contributed by atoms with Gasteiger partial charge in [0.15, 0.2) is 0 Å². The molecule has 1 aromatic rings. The van der Waals surface area contributed by atoms with Crippen molar-refractivity contribution in [3.8, 4) is 0 Å². The number of rotatable bonds is 6. The van der Waals surface area contributed by atoms with Gasteiger partial charge in [-0.3, -0.25) is 14.6 Å². The summed E-state index contributed by atoms with van der Waals surface area (Å²) in [5.41, 5.74) is 12.9. The van der Waals surface area contributed by atoms with Crippen LogP contribution in [0.5, 0.6) is 0 Å². The Morgan fingerprint density at radius 1 is 1.42 bits per heavy atom. The molecule has 0 spiro atoms. The van der Waals surface area contributed by atoms with Gasteiger partial charge in [-0.05, 0) is 25.3 Å². The SMILES string of the molecule is CCC(NC(=O)c1cc(C(C=NC)=CN)cnc1N)C(=O)N1CCCC1. The molecule has 1 fully saturated rings. The summed E-state index contributed by atoms with van der Waals surface area (Å²) in [5.74, 6) is -0.387. The molecule has 0 bridgehead atoms. The lowest BCUT2D eigenvalue weighted by Crippen LogP contribution is -2.47. The predicted octanol–water partition coefficient (Wildman–Crippen LogP) is 0.795. The van der Waals surface area contributed by atoms with E-state index in [0.29, 0.717) is 17.6 Å². The smallest absolute Gasteiger partial charge is 0.255 e. The highest BCUT2D eigenvalue weighted by atomic mass is 16.2. The van der Waals surface area contributed by atoms with Crippen molar-refractivity contribution >= 4 is 29.4 Å². The molecular weight excluding hydrogens is 332 g/mol. The number of nitrogens with two attached hydrogens (primary N) is 2. The number of anilines is 1. The average Bonchev–Trinajstić information content (AvgIpc) is 3.18. The molecule has 8 nitrogen and oxygen atoms in total. The Balaban J connectivity index is 2.20. The Morgan fingerprint density at radius 3 is 2.69 bits per heavy atom. The largest absolute Gasteiger partial charge is 0.404 e. The van der Waals surface area contributed by atoms with Gasteiger partial charge in [0.2, 0.25) is 5.91 Å². The van der Waals surface area contributed by atoms with E-state index in [1.54, 1.807) is 24.2 Å². The highest BCUT2D eigenvalue weighted by Crippen LogP contribution is 2.17. The van der Waals surface area contributed by atoms with Crippen LogP contribution < -0.4 is 16.8 Å². The van der Waals surface area contributed by atoms with Gasteiger partial charge in [0.05, 0.1) is 5.56 Å². The molecule has 1 saturated heterocycles. The monoisotopic (exact) mass is 358 g/mol. The summed E-state index contributed by atoms with van der Waals surface area (Å²) in [4.78, 5) is 35.0. The van der Waals surface area contributed by atoms with Crippen molar-refractivity contribution in [2.75, 3.05) is 25.9 Å². The quantitative estimate of drug-likeness (QED) is 0.648. The molecule has 140 valence electrons. The van der Waals surface area contributed by atoms with Crippen LogP contribution in [0.15, 0.2) is 23.5 Å². The van der Waals surface area contributed by atoms with E-state index >= 15 is 0 Å². The molecule has 1 unspecified atom stereocenters. The standard InChI is InChI=1S/C18H26N6O2/c1-3-15(18(26)24-6-4-5-7-24)23-17(25)14-8-12(11-22-16(14)20)13(9-19)10-21-2/h8-11,15H,3-7,19H2,1-2H3,(H2,20,22)(H,23,25). The molecule has 1 aliphatic rings. The number of nitrogens with one attached hydrogen (secondary N) is 1. The predicted molar refractivity (Wildman–Crippen MR) is 103 cm³/mol. The molecule has 0 radical (unpaired) electrons. The number of amides is 2. The zero-order valence-electron chi connectivity index (χ0n) is 15.2. The zero-order chi connectivity index (χ0) is 19.1. The number of nitrogen functional groups attached to an aromatic ring is 1. The summed E-state index contributed by atoms with van der Waals surface area (Å²) in [5, 5.41) is 2.78. The fraction of sp³-hybridized carbons (Fsp3) is 0.444. The number of hydrogen-bond acceptors (Lipinski definition) is 6. The molecule has 5 N–H and O–H groups in total. The third-order valence-corrected chi connectivity index (χ3v) is 4.37. The molecule has 8 heteroatoms. The normalized spacial score (nSPS) is 16.1. The Hall–Kier alpha value is -2.90. The number of pyridine rings is 1. The Bertz CT molecular complexity index is 722. The van der Waals surface area contributed by atoms with Crippen LogP contribution in [-0.2, 0) is 4.79 Å². The maximum absolute atomic E-state index is 12.7. The number of carbonyl (C=O) groups excluding carboxylic acids is 2. The van der Waals surface area contributed by atoms with Gasteiger partial charge in [-0.1, -0.05) is 6.92 Å². The summed E-state index contributed by atoms with van der Waals surface area (Å²) >= 11 is 0. The minimum absolute atomic E-state index is 0.0540. The number of aromatic nitrogens is 1. The first kappa shape index (κ1) is 19.4. The van der Waals surface area contributed by atoms with Gasteiger partial charge in [-0.25, -0.2) is 4.98 Å². The van der Waals surface area contributed by atoms with Gasteiger partial charge >= 0.3 is 0 Å². The first-order valence-electron chi connectivity index (χ1n) is 8.71. The molecule has 1 atom stereocenters. The van der Waals surface area contributed by atoms with E-state index in [0.717, 1.165) is 25.9 Å². The maximum Gasteiger partial charge on any atom is 0.255 e. The van der Waals surface area contributed by atoms with Gasteiger partial charge in [-0.15, -0.1) is 0 Å². The van der Waals surface area contributed by atoms with Crippen LogP contribution in [0.25, 0.3) is 5.57 Å². The van der Waals surface area contributed by atoms with E-state index in [9.17, 15) is 9.59 Å². The zero-order valence-corrected chi connectivity index (χ0v) is 15.2. The first-order valence-corrected chi connectivity index (χ1v) is 8.71. The van der Waals surface area contributed by atoms with Gasteiger partial charge in [-0.2, -0.15) is 0 Å². The van der Waals surface area contributed by atoms with Crippen LogP contribution in [0, 0.1) is 0 Å². The van der Waals surface area contributed by atoms with Crippen LogP contribution in [0.1, 0.15) is 42.1 Å². The number of nitrogens with zero attached hydrogens (tertiary/aromatic N) is 3. The van der Waals surface area contributed by atoms with E-state index in [-0.39, 0.29) is 17.3 Å². The van der Waals surface area contributed by atoms with E-state index < -0.39 is 11.9 Å². The highest BCUT2D eigenvalue weighted by molar-refractivity contribution is 6.10. The third kappa shape index (κ3) is 4.38. The fourth-order valence-electron chi connectivity index (χ4n) is 2.90. The molecule has 2 rings (SSSR count). The summed E-state index contributed by atoms with van der Waals surface area (Å²) < 4.78 is 0. The molecule has 2 amide bonds. The van der Waals surface area contributed by atoms with Crippen molar-refractivity contribution in [2.24, 2.45) is 10.7 Å². The average molecular weight is 358 g/mol. The van der Waals surface area contributed by atoms with Crippen LogP contribution in [0.4, 0.5) is 5.82 Å². The molecule has 2 heterocycles. The van der Waals surface area contributed by atoms with Crippen molar-refractivity contribution in [3.05, 3.63) is 29.6 Å². The van der Waals surface area contributed by atoms with E-state index in [2.05, 4.69) is 15.3 Å². The van der Waals surface area contributed by atoms with E-state index in [1.165, 1.54) is 12.4 Å². The van der Waals surface area contributed by atoms with Crippen molar-refractivity contribution < 1.29 is 9.59 Å². The molecular formula is C18H26N6O2. The molecule has 0 aliphatic carbocycles. The van der Waals surface area contributed by atoms with Crippen molar-refractivity contribution in [2.45, 2.75) is 32.2 Å². The molecule has 1 aliphatic heterocycles. The Kier molecular flexibility index (Phi) is 6.71. The van der Waals surface area contributed by atoms with E-state index in [4.69, 9.17) is 11.5 Å². The second kappa shape index (κ2) is 8.98. The summed E-state index contributed by atoms with van der Waals surface area (Å²) in [6.07, 6.45) is 6.99. The lowest BCUT2D eigenvalue weighted by atomic mass is 10.1. The second-order valence-corrected chi connectivity index (χ2v) is 6.13. The second-order valence-electron chi connectivity index (χ2n) is 6.13. The number of hydrogen-bond donors (Lipinski definition) is 3. The third-order valence-electron chi connectivity index (χ3n) is 4.37. The number of carbonyl (C=O) groups is 2. The molecule has 0 aromatic carbocycles. The molecule has 0 saturated carbocycles. The van der Waals surface area contributed by atoms with E-state index in [1.807, 2.05) is 6.92 Å². The minimum atomic E-state index is -0.578. The number of allylic oxidation sites excluding steroid dienone is 1. The Labute approximate surface area is 153 Å². The number of likely N-dealkylation sites (tertiary alicyclic amines) is 1. The van der Waals surface area contributed by atoms with Crippen molar-refractivity contribution in [3.63, 3.8) is 0 Å². The highest BCUT2D eigenvalue weighted by Gasteiger charge is 2.27. The summed E-state index contributed by atoms with van der Waals surface area (Å²) in [7, 11) is 1.62. The van der Waals surface area contributed by atoms with Crippen LogP contribution in [-0.4, -0.2) is 54.1 Å². The van der Waals surface area contributed by atoms with Gasteiger partial charge in [0, 0.05) is 49.9 Å². The van der Waals surface area contributed by atoms with Crippen LogP contribution >= 0.6 is 0 Å². The first-order chi connectivity index (χ1) is 12.5. The van der Waals surface area contributed by atoms with Crippen molar-refractivity contribution in [1.29, 1.82) is 0 Å². The summed E-state index contributed by atoms with van der Waals surface area (Å²) in [6, 6.07) is 1.02. The maximum atomic E-state index is 12.7. The topological polar surface area (TPSA) is 127 Å². The number of aliphatic imine (C=N–C) groups is 1.